The molecule has 0 unspecified atom stereocenters. The van der Waals surface area contributed by atoms with Crippen molar-refractivity contribution in [2.75, 3.05) is 5.73 Å². The number of hydrogen-bond donors (Lipinski definition) is 1. The van der Waals surface area contributed by atoms with Crippen LogP contribution in [0, 0.1) is 0 Å². The van der Waals surface area contributed by atoms with Gasteiger partial charge in [0.15, 0.2) is 10.8 Å². The fourth-order valence-electron chi connectivity index (χ4n) is 2.72. The van der Waals surface area contributed by atoms with Crippen LogP contribution in [0.4, 0.5) is 5.82 Å². The van der Waals surface area contributed by atoms with Gasteiger partial charge in [-0.3, -0.25) is 0 Å². The number of anilines is 1. The number of nitrogen functional groups attached to an aromatic ring is 1. The molecule has 0 radical (unpaired) electrons. The summed E-state index contributed by atoms with van der Waals surface area (Å²) in [6.07, 6.45) is 4.28. The smallest absolute Gasteiger partial charge is 0.262 e. The predicted molar refractivity (Wildman–Crippen MR) is 69.4 cm³/mol. The molecule has 1 aromatic heterocycles. The average Bonchev–Trinajstić information content (AvgIpc) is 2.58. The van der Waals surface area contributed by atoms with Crippen molar-refractivity contribution in [3.63, 3.8) is 0 Å². The van der Waals surface area contributed by atoms with Gasteiger partial charge in [-0.05, 0) is 26.7 Å². The van der Waals surface area contributed by atoms with Crippen LogP contribution in [0.1, 0.15) is 33.1 Å². The van der Waals surface area contributed by atoms with Crippen LogP contribution < -0.4 is 5.73 Å². The van der Waals surface area contributed by atoms with Gasteiger partial charge in [0.05, 0.1) is 6.33 Å². The highest BCUT2D eigenvalue weighted by molar-refractivity contribution is 7.89. The van der Waals surface area contributed by atoms with Gasteiger partial charge in [-0.1, -0.05) is 6.42 Å². The van der Waals surface area contributed by atoms with Crippen LogP contribution in [-0.4, -0.2) is 34.4 Å². The van der Waals surface area contributed by atoms with Crippen molar-refractivity contribution in [3.8, 4) is 0 Å². The number of aromatic nitrogens is 2. The minimum atomic E-state index is -3.57. The molecular formula is C11H20N4O2S. The number of imidazole rings is 1. The lowest BCUT2D eigenvalue weighted by Gasteiger charge is -2.37. The normalized spacial score (nSPS) is 26.4. The molecular weight excluding hydrogens is 252 g/mol. The molecule has 0 bridgehead atoms. The topological polar surface area (TPSA) is 81.2 Å². The number of nitrogens with zero attached hydrogens (tertiary/aromatic N) is 3. The molecule has 2 atom stereocenters. The van der Waals surface area contributed by atoms with E-state index in [1.807, 2.05) is 13.8 Å². The van der Waals surface area contributed by atoms with Gasteiger partial charge in [0.2, 0.25) is 0 Å². The molecule has 1 aromatic rings. The van der Waals surface area contributed by atoms with Crippen molar-refractivity contribution in [1.29, 1.82) is 0 Å². The van der Waals surface area contributed by atoms with Gasteiger partial charge in [0.1, 0.15) is 0 Å². The van der Waals surface area contributed by atoms with Crippen LogP contribution >= 0.6 is 0 Å². The predicted octanol–water partition coefficient (Wildman–Crippen LogP) is 0.954. The Morgan fingerprint density at radius 1 is 1.33 bits per heavy atom. The first kappa shape index (κ1) is 13.4. The lowest BCUT2D eigenvalue weighted by atomic mass is 10.0. The third kappa shape index (κ3) is 2.01. The first-order chi connectivity index (χ1) is 8.35. The standard InChI is InChI=1S/C11H20N4O2S/c1-8-5-4-6-9(2)15(8)18(16,17)11-10(12)13-7-14(11)3/h7-9H,4-6,12H2,1-3H3/t8-,9+. The van der Waals surface area contributed by atoms with Crippen molar-refractivity contribution in [2.45, 2.75) is 50.2 Å². The maximum Gasteiger partial charge on any atom is 0.262 e. The van der Waals surface area contributed by atoms with Crippen molar-refractivity contribution in [1.82, 2.24) is 13.9 Å². The summed E-state index contributed by atoms with van der Waals surface area (Å²) in [5, 5.41) is 0.100. The largest absolute Gasteiger partial charge is 0.381 e. The summed E-state index contributed by atoms with van der Waals surface area (Å²) in [5.41, 5.74) is 5.69. The van der Waals surface area contributed by atoms with E-state index in [1.165, 1.54) is 10.9 Å². The van der Waals surface area contributed by atoms with E-state index in [0.717, 1.165) is 19.3 Å². The molecule has 2 N–H and O–H groups in total. The molecule has 0 aliphatic carbocycles. The highest BCUT2D eigenvalue weighted by Gasteiger charge is 2.38. The van der Waals surface area contributed by atoms with E-state index in [-0.39, 0.29) is 22.9 Å². The molecule has 6 nitrogen and oxygen atoms in total. The fourth-order valence-corrected chi connectivity index (χ4v) is 4.81. The number of hydrogen-bond acceptors (Lipinski definition) is 4. The Morgan fingerprint density at radius 3 is 2.33 bits per heavy atom. The van der Waals surface area contributed by atoms with E-state index >= 15 is 0 Å². The summed E-state index contributed by atoms with van der Waals surface area (Å²) in [6.45, 7) is 3.89. The van der Waals surface area contributed by atoms with E-state index < -0.39 is 10.0 Å². The van der Waals surface area contributed by atoms with E-state index in [1.54, 1.807) is 11.4 Å². The lowest BCUT2D eigenvalue weighted by Crippen LogP contribution is -2.47. The molecule has 0 amide bonds. The van der Waals surface area contributed by atoms with Crippen LogP contribution in [0.3, 0.4) is 0 Å². The van der Waals surface area contributed by atoms with Crippen LogP contribution in [0.15, 0.2) is 11.4 Å². The van der Waals surface area contributed by atoms with E-state index in [9.17, 15) is 8.42 Å². The molecule has 18 heavy (non-hydrogen) atoms. The Morgan fingerprint density at radius 2 is 1.89 bits per heavy atom. The quantitative estimate of drug-likeness (QED) is 0.869. The van der Waals surface area contributed by atoms with E-state index in [0.29, 0.717) is 0 Å². The zero-order valence-corrected chi connectivity index (χ0v) is 11.8. The van der Waals surface area contributed by atoms with Gasteiger partial charge < -0.3 is 10.3 Å². The van der Waals surface area contributed by atoms with Crippen molar-refractivity contribution < 1.29 is 8.42 Å². The SMILES string of the molecule is C[C@@H]1CCC[C@H](C)N1S(=O)(=O)c1c(N)ncn1C. The first-order valence-corrected chi connectivity index (χ1v) is 7.60. The maximum atomic E-state index is 12.7. The minimum Gasteiger partial charge on any atom is -0.381 e. The molecule has 0 spiro atoms. The highest BCUT2D eigenvalue weighted by atomic mass is 32.2. The minimum absolute atomic E-state index is 0.00745. The second-order valence-corrected chi connectivity index (χ2v) is 6.77. The average molecular weight is 272 g/mol. The molecule has 1 fully saturated rings. The van der Waals surface area contributed by atoms with Crippen LogP contribution in [0.25, 0.3) is 0 Å². The molecule has 1 saturated heterocycles. The summed E-state index contributed by atoms with van der Waals surface area (Å²) in [6, 6.07) is 0.0149. The number of sulfonamides is 1. The zero-order chi connectivity index (χ0) is 13.5. The fraction of sp³-hybridized carbons (Fsp3) is 0.727. The Balaban J connectivity index is 2.48. The van der Waals surface area contributed by atoms with Crippen molar-refractivity contribution in [2.24, 2.45) is 7.05 Å². The monoisotopic (exact) mass is 272 g/mol. The second kappa shape index (κ2) is 4.55. The molecule has 1 aliphatic rings. The van der Waals surface area contributed by atoms with Gasteiger partial charge in [0, 0.05) is 19.1 Å². The van der Waals surface area contributed by atoms with Crippen molar-refractivity contribution >= 4 is 15.8 Å². The summed E-state index contributed by atoms with van der Waals surface area (Å²) in [5.74, 6) is 0.0717. The van der Waals surface area contributed by atoms with Gasteiger partial charge in [-0.2, -0.15) is 4.31 Å². The van der Waals surface area contributed by atoms with Gasteiger partial charge in [-0.15, -0.1) is 0 Å². The Hall–Kier alpha value is -1.08. The number of piperidine rings is 1. The Kier molecular flexibility index (Phi) is 3.37. The molecule has 102 valence electrons. The lowest BCUT2D eigenvalue weighted by molar-refractivity contribution is 0.203. The first-order valence-electron chi connectivity index (χ1n) is 6.16. The van der Waals surface area contributed by atoms with Gasteiger partial charge in [-0.25, -0.2) is 13.4 Å². The van der Waals surface area contributed by atoms with Gasteiger partial charge >= 0.3 is 0 Å². The van der Waals surface area contributed by atoms with Gasteiger partial charge in [0.25, 0.3) is 10.0 Å². The molecule has 0 saturated carbocycles. The Labute approximate surface area is 108 Å². The third-order valence-corrected chi connectivity index (χ3v) is 5.80. The maximum absolute atomic E-state index is 12.7. The molecule has 1 aliphatic heterocycles. The number of aryl methyl sites for hydroxylation is 1. The van der Waals surface area contributed by atoms with Crippen LogP contribution in [0.2, 0.25) is 0 Å². The Bertz CT molecular complexity index is 508. The van der Waals surface area contributed by atoms with Crippen LogP contribution in [-0.2, 0) is 17.1 Å². The number of nitrogens with two attached hydrogens (primary N) is 1. The van der Waals surface area contributed by atoms with E-state index in [4.69, 9.17) is 5.73 Å². The van der Waals surface area contributed by atoms with Crippen molar-refractivity contribution in [3.05, 3.63) is 6.33 Å². The molecule has 7 heteroatoms. The molecule has 2 rings (SSSR count). The van der Waals surface area contributed by atoms with E-state index in [2.05, 4.69) is 4.98 Å². The second-order valence-electron chi connectivity index (χ2n) is 5.01. The van der Waals surface area contributed by atoms with Crippen LogP contribution in [0.5, 0.6) is 0 Å². The third-order valence-electron chi connectivity index (χ3n) is 3.54. The highest BCUT2D eigenvalue weighted by Crippen LogP contribution is 2.30. The summed E-state index contributed by atoms with van der Waals surface area (Å²) < 4.78 is 28.4. The molecule has 0 aromatic carbocycles. The summed E-state index contributed by atoms with van der Waals surface area (Å²) in [7, 11) is -1.92. The molecule has 2 heterocycles. The summed E-state index contributed by atoms with van der Waals surface area (Å²) in [4.78, 5) is 3.86. The summed E-state index contributed by atoms with van der Waals surface area (Å²) >= 11 is 0. The zero-order valence-electron chi connectivity index (χ0n) is 11.0. The number of rotatable bonds is 2.